The standard InChI is InChI=1S/C7H17NO4Si/c1-5-8-7(6-9)12-13(4,10-2)11-3/h6-8H,5H2,1-4H3. The predicted octanol–water partition coefficient (Wildman–Crippen LogP) is -0.00100. The van der Waals surface area contributed by atoms with Gasteiger partial charge in [-0.15, -0.1) is 0 Å². The summed E-state index contributed by atoms with van der Waals surface area (Å²) in [6.45, 7) is 4.26. The van der Waals surface area contributed by atoms with Crippen molar-refractivity contribution >= 4 is 15.1 Å². The van der Waals surface area contributed by atoms with Gasteiger partial charge in [-0.2, -0.15) is 0 Å². The Bertz CT molecular complexity index is 151. The van der Waals surface area contributed by atoms with Gasteiger partial charge in [-0.1, -0.05) is 6.92 Å². The van der Waals surface area contributed by atoms with Gasteiger partial charge in [0.25, 0.3) is 0 Å². The molecule has 0 aromatic rings. The maximum absolute atomic E-state index is 10.5. The van der Waals surface area contributed by atoms with Gasteiger partial charge >= 0.3 is 8.80 Å². The third kappa shape index (κ3) is 4.49. The molecule has 0 heterocycles. The van der Waals surface area contributed by atoms with Crippen molar-refractivity contribution in [3.05, 3.63) is 0 Å². The van der Waals surface area contributed by atoms with E-state index in [9.17, 15) is 4.79 Å². The summed E-state index contributed by atoms with van der Waals surface area (Å²) in [5.41, 5.74) is 0. The number of likely N-dealkylation sites (N-methyl/N-ethyl adjacent to an activating group) is 1. The molecule has 0 spiro atoms. The summed E-state index contributed by atoms with van der Waals surface area (Å²) in [6.07, 6.45) is 0.0360. The summed E-state index contributed by atoms with van der Waals surface area (Å²) in [6, 6.07) is 0. The largest absolute Gasteiger partial charge is 0.498 e. The highest BCUT2D eigenvalue weighted by molar-refractivity contribution is 6.59. The third-order valence-electron chi connectivity index (χ3n) is 1.61. The van der Waals surface area contributed by atoms with E-state index in [2.05, 4.69) is 5.32 Å². The number of aldehydes is 1. The van der Waals surface area contributed by atoms with Crippen molar-refractivity contribution in [3.8, 4) is 0 Å². The maximum atomic E-state index is 10.5. The number of carbonyl (C=O) groups excluding carboxylic acids is 1. The smallest absolute Gasteiger partial charge is 0.377 e. The van der Waals surface area contributed by atoms with E-state index in [1.54, 1.807) is 6.55 Å². The molecule has 13 heavy (non-hydrogen) atoms. The number of nitrogens with one attached hydrogen (secondary N) is 1. The fraction of sp³-hybridized carbons (Fsp3) is 0.857. The van der Waals surface area contributed by atoms with E-state index >= 15 is 0 Å². The van der Waals surface area contributed by atoms with Gasteiger partial charge in [0, 0.05) is 20.8 Å². The molecule has 0 radical (unpaired) electrons. The lowest BCUT2D eigenvalue weighted by atomic mass is 10.6. The minimum atomic E-state index is -2.61. The van der Waals surface area contributed by atoms with E-state index in [1.807, 2.05) is 6.92 Å². The van der Waals surface area contributed by atoms with Crippen LogP contribution in [0, 0.1) is 0 Å². The van der Waals surface area contributed by atoms with Crippen LogP contribution in [-0.4, -0.2) is 42.1 Å². The minimum Gasteiger partial charge on any atom is -0.377 e. The second-order valence-electron chi connectivity index (χ2n) is 2.50. The van der Waals surface area contributed by atoms with E-state index in [0.29, 0.717) is 12.8 Å². The van der Waals surface area contributed by atoms with Crippen LogP contribution in [0.5, 0.6) is 0 Å². The summed E-state index contributed by atoms with van der Waals surface area (Å²) < 4.78 is 15.5. The molecule has 78 valence electrons. The Hall–Kier alpha value is -0.273. The van der Waals surface area contributed by atoms with Gasteiger partial charge in [-0.25, -0.2) is 0 Å². The topological polar surface area (TPSA) is 56.8 Å². The van der Waals surface area contributed by atoms with Gasteiger partial charge in [-0.3, -0.25) is 10.1 Å². The molecule has 0 aliphatic carbocycles. The van der Waals surface area contributed by atoms with Crippen molar-refractivity contribution in [1.82, 2.24) is 5.32 Å². The van der Waals surface area contributed by atoms with Gasteiger partial charge in [-0.05, 0) is 6.54 Å². The molecule has 0 aliphatic heterocycles. The molecule has 0 saturated carbocycles. The van der Waals surface area contributed by atoms with Crippen molar-refractivity contribution in [3.63, 3.8) is 0 Å². The lowest BCUT2D eigenvalue weighted by molar-refractivity contribution is -0.117. The highest BCUT2D eigenvalue weighted by Gasteiger charge is 2.34. The van der Waals surface area contributed by atoms with Crippen LogP contribution in [0.4, 0.5) is 0 Å². The van der Waals surface area contributed by atoms with Gasteiger partial charge in [0.2, 0.25) is 0 Å². The lowest BCUT2D eigenvalue weighted by Crippen LogP contribution is -2.48. The number of hydrogen-bond donors (Lipinski definition) is 1. The van der Waals surface area contributed by atoms with Gasteiger partial charge < -0.3 is 13.3 Å². The molecular formula is C7H17NO4Si. The van der Waals surface area contributed by atoms with Crippen LogP contribution in [0.2, 0.25) is 6.55 Å². The number of hydrogen-bond acceptors (Lipinski definition) is 5. The van der Waals surface area contributed by atoms with Crippen molar-refractivity contribution in [2.45, 2.75) is 19.7 Å². The van der Waals surface area contributed by atoms with Crippen LogP contribution in [0.3, 0.4) is 0 Å². The molecule has 0 aromatic carbocycles. The Morgan fingerprint density at radius 2 is 2.00 bits per heavy atom. The monoisotopic (exact) mass is 207 g/mol. The molecular weight excluding hydrogens is 190 g/mol. The van der Waals surface area contributed by atoms with Crippen LogP contribution in [0.15, 0.2) is 0 Å². The molecule has 0 fully saturated rings. The molecule has 1 unspecified atom stereocenters. The average Bonchev–Trinajstić information content (AvgIpc) is 2.17. The van der Waals surface area contributed by atoms with Crippen LogP contribution in [0.25, 0.3) is 0 Å². The quantitative estimate of drug-likeness (QED) is 0.362. The second kappa shape index (κ2) is 6.22. The van der Waals surface area contributed by atoms with Crippen molar-refractivity contribution in [2.24, 2.45) is 0 Å². The van der Waals surface area contributed by atoms with Crippen LogP contribution in [-0.2, 0) is 18.1 Å². The van der Waals surface area contributed by atoms with Crippen LogP contribution >= 0.6 is 0 Å². The first-order valence-electron chi connectivity index (χ1n) is 4.08. The first kappa shape index (κ1) is 12.7. The minimum absolute atomic E-state index is 0.651. The molecule has 6 heteroatoms. The SMILES string of the molecule is CCNC(C=O)O[Si](C)(OC)OC. The van der Waals surface area contributed by atoms with Crippen molar-refractivity contribution < 1.29 is 18.1 Å². The fourth-order valence-electron chi connectivity index (χ4n) is 0.729. The Morgan fingerprint density at radius 3 is 2.31 bits per heavy atom. The van der Waals surface area contributed by atoms with Crippen molar-refractivity contribution in [2.75, 3.05) is 20.8 Å². The first-order chi connectivity index (χ1) is 6.11. The Kier molecular flexibility index (Phi) is 6.09. The second-order valence-corrected chi connectivity index (χ2v) is 5.28. The Labute approximate surface area is 79.7 Å². The van der Waals surface area contributed by atoms with Crippen LogP contribution < -0.4 is 5.32 Å². The molecule has 1 atom stereocenters. The van der Waals surface area contributed by atoms with Gasteiger partial charge in [0.15, 0.2) is 12.5 Å². The third-order valence-corrected chi connectivity index (χ3v) is 3.78. The van der Waals surface area contributed by atoms with E-state index < -0.39 is 15.0 Å². The zero-order valence-corrected chi connectivity index (χ0v) is 9.49. The molecule has 0 saturated heterocycles. The molecule has 0 rings (SSSR count). The molecule has 0 bridgehead atoms. The number of carbonyl (C=O) groups is 1. The molecule has 0 aliphatic rings. The van der Waals surface area contributed by atoms with E-state index in [4.69, 9.17) is 13.3 Å². The normalized spacial score (nSPS) is 14.2. The average molecular weight is 207 g/mol. The fourth-order valence-corrected chi connectivity index (χ4v) is 1.69. The van der Waals surface area contributed by atoms with Gasteiger partial charge in [0.05, 0.1) is 0 Å². The zero-order valence-electron chi connectivity index (χ0n) is 8.49. The molecule has 0 amide bonds. The van der Waals surface area contributed by atoms with Crippen molar-refractivity contribution in [1.29, 1.82) is 0 Å². The Morgan fingerprint density at radius 1 is 1.46 bits per heavy atom. The van der Waals surface area contributed by atoms with E-state index in [0.717, 1.165) is 0 Å². The first-order valence-corrected chi connectivity index (χ1v) is 6.31. The maximum Gasteiger partial charge on any atom is 0.498 e. The summed E-state index contributed by atoms with van der Waals surface area (Å²) in [5, 5.41) is 2.84. The highest BCUT2D eigenvalue weighted by Crippen LogP contribution is 2.07. The molecule has 0 aromatic heterocycles. The van der Waals surface area contributed by atoms with E-state index in [-0.39, 0.29) is 0 Å². The summed E-state index contributed by atoms with van der Waals surface area (Å²) >= 11 is 0. The molecule has 1 N–H and O–H groups in total. The molecule has 5 nitrogen and oxygen atoms in total. The summed E-state index contributed by atoms with van der Waals surface area (Å²) in [7, 11) is 0.395. The number of rotatable bonds is 7. The Balaban J connectivity index is 4.10. The van der Waals surface area contributed by atoms with E-state index in [1.165, 1.54) is 14.2 Å². The summed E-state index contributed by atoms with van der Waals surface area (Å²) in [4.78, 5) is 10.5. The highest BCUT2D eigenvalue weighted by atomic mass is 28.4. The van der Waals surface area contributed by atoms with Crippen LogP contribution in [0.1, 0.15) is 6.92 Å². The lowest BCUT2D eigenvalue weighted by Gasteiger charge is -2.25. The zero-order chi connectivity index (χ0) is 10.3. The van der Waals surface area contributed by atoms with Gasteiger partial charge in [0.1, 0.15) is 0 Å². The predicted molar refractivity (Wildman–Crippen MR) is 50.2 cm³/mol. The summed E-state index contributed by atoms with van der Waals surface area (Å²) in [5.74, 6) is 0.